The van der Waals surface area contributed by atoms with Gasteiger partial charge in [-0.1, -0.05) is 12.2 Å². The van der Waals surface area contributed by atoms with E-state index >= 15 is 0 Å². The Morgan fingerprint density at radius 3 is 2.13 bits per heavy atom. The van der Waals surface area contributed by atoms with Crippen molar-refractivity contribution >= 4 is 0 Å². The van der Waals surface area contributed by atoms with Crippen LogP contribution in [-0.2, 0) is 4.84 Å². The maximum Gasteiger partial charge on any atom is 0.0860 e. The van der Waals surface area contributed by atoms with Gasteiger partial charge < -0.3 is 4.84 Å². The summed E-state index contributed by atoms with van der Waals surface area (Å²) < 4.78 is 0. The first kappa shape index (κ1) is 9.86. The molecular formula is C13H21NO. The molecule has 0 aromatic heterocycles. The Balaban J connectivity index is 1.69. The Bertz CT molecular complexity index is 233. The molecule has 2 heteroatoms. The van der Waals surface area contributed by atoms with Crippen LogP contribution in [0.25, 0.3) is 0 Å². The molecule has 0 heterocycles. The Labute approximate surface area is 91.8 Å². The Hall–Kier alpha value is -0.340. The lowest BCUT2D eigenvalue weighted by atomic mass is 9.52. The number of hydrogen-bond donors (Lipinski definition) is 1. The maximum atomic E-state index is 5.04. The van der Waals surface area contributed by atoms with E-state index in [0.717, 1.165) is 29.6 Å². The second kappa shape index (κ2) is 3.91. The van der Waals surface area contributed by atoms with Crippen LogP contribution in [0.1, 0.15) is 32.1 Å². The first-order chi connectivity index (χ1) is 7.36. The molecule has 0 atom stereocenters. The smallest absolute Gasteiger partial charge is 0.0860 e. The SMILES string of the molecule is NOC/C=C/C1C2CC3CC(C2)CC1C3. The molecular weight excluding hydrogens is 186 g/mol. The third-order valence-corrected chi connectivity index (χ3v) is 4.85. The fraction of sp³-hybridized carbons (Fsp3) is 0.846. The number of rotatable bonds is 3. The van der Waals surface area contributed by atoms with Gasteiger partial charge in [-0.05, 0) is 61.7 Å². The van der Waals surface area contributed by atoms with Gasteiger partial charge in [-0.2, -0.15) is 0 Å². The number of allylic oxidation sites excluding steroid dienone is 1. The van der Waals surface area contributed by atoms with Crippen molar-refractivity contribution in [2.24, 2.45) is 35.5 Å². The normalized spacial score (nSPS) is 47.9. The highest BCUT2D eigenvalue weighted by Crippen LogP contribution is 2.56. The molecule has 0 amide bonds. The summed E-state index contributed by atoms with van der Waals surface area (Å²) in [6, 6.07) is 0. The van der Waals surface area contributed by atoms with E-state index in [1.54, 1.807) is 0 Å². The van der Waals surface area contributed by atoms with Gasteiger partial charge in [-0.3, -0.25) is 0 Å². The molecule has 84 valence electrons. The van der Waals surface area contributed by atoms with E-state index < -0.39 is 0 Å². The van der Waals surface area contributed by atoms with Crippen LogP contribution in [-0.4, -0.2) is 6.61 Å². The summed E-state index contributed by atoms with van der Waals surface area (Å²) >= 11 is 0. The number of hydrogen-bond acceptors (Lipinski definition) is 2. The van der Waals surface area contributed by atoms with Gasteiger partial charge in [0.2, 0.25) is 0 Å². The standard InChI is InChI=1S/C13H21NO/c14-15-3-1-2-13-11-5-9-4-10(7-11)8-12(13)6-9/h1-2,9-13H,3-8,14H2/b2-1+. The lowest BCUT2D eigenvalue weighted by molar-refractivity contribution is -0.0164. The largest absolute Gasteiger partial charge is 0.300 e. The van der Waals surface area contributed by atoms with Crippen molar-refractivity contribution in [3.63, 3.8) is 0 Å². The molecule has 4 bridgehead atoms. The highest BCUT2D eigenvalue weighted by Gasteiger charge is 2.46. The highest BCUT2D eigenvalue weighted by atomic mass is 16.6. The van der Waals surface area contributed by atoms with E-state index in [1.807, 2.05) is 0 Å². The molecule has 0 aliphatic heterocycles. The fourth-order valence-corrected chi connectivity index (χ4v) is 4.55. The predicted molar refractivity (Wildman–Crippen MR) is 59.8 cm³/mol. The third-order valence-electron chi connectivity index (χ3n) is 4.85. The average molecular weight is 207 g/mol. The van der Waals surface area contributed by atoms with Gasteiger partial charge >= 0.3 is 0 Å². The van der Waals surface area contributed by atoms with Gasteiger partial charge in [0, 0.05) is 0 Å². The summed E-state index contributed by atoms with van der Waals surface area (Å²) in [7, 11) is 0. The molecule has 0 saturated heterocycles. The summed E-state index contributed by atoms with van der Waals surface area (Å²) in [6.07, 6.45) is 12.0. The van der Waals surface area contributed by atoms with Crippen LogP contribution in [0, 0.1) is 29.6 Å². The summed E-state index contributed by atoms with van der Waals surface area (Å²) in [6.45, 7) is 0.572. The van der Waals surface area contributed by atoms with Gasteiger partial charge in [0.15, 0.2) is 0 Å². The first-order valence-corrected chi connectivity index (χ1v) is 6.35. The van der Waals surface area contributed by atoms with Crippen LogP contribution in [0.5, 0.6) is 0 Å². The molecule has 0 unspecified atom stereocenters. The van der Waals surface area contributed by atoms with Gasteiger partial charge in [0.05, 0.1) is 6.61 Å². The zero-order chi connectivity index (χ0) is 10.3. The zero-order valence-electron chi connectivity index (χ0n) is 9.27. The molecule has 2 N–H and O–H groups in total. The van der Waals surface area contributed by atoms with Crippen molar-refractivity contribution in [3.8, 4) is 0 Å². The molecule has 4 aliphatic rings. The van der Waals surface area contributed by atoms with Crippen LogP contribution in [0.15, 0.2) is 12.2 Å². The van der Waals surface area contributed by atoms with Gasteiger partial charge in [-0.25, -0.2) is 5.90 Å². The minimum atomic E-state index is 0.572. The average Bonchev–Trinajstić information content (AvgIpc) is 2.21. The molecule has 4 saturated carbocycles. The molecule has 4 fully saturated rings. The van der Waals surface area contributed by atoms with Crippen molar-refractivity contribution in [3.05, 3.63) is 12.2 Å². The molecule has 4 rings (SSSR count). The topological polar surface area (TPSA) is 35.2 Å². The van der Waals surface area contributed by atoms with Gasteiger partial charge in [0.1, 0.15) is 0 Å². The maximum absolute atomic E-state index is 5.04. The Morgan fingerprint density at radius 2 is 1.60 bits per heavy atom. The minimum Gasteiger partial charge on any atom is -0.300 e. The predicted octanol–water partition coefficient (Wildman–Crippen LogP) is 2.51. The molecule has 0 radical (unpaired) electrons. The van der Waals surface area contributed by atoms with Crippen molar-refractivity contribution in [1.29, 1.82) is 0 Å². The number of nitrogens with two attached hydrogens (primary N) is 1. The second-order valence-electron chi connectivity index (χ2n) is 5.77. The lowest BCUT2D eigenvalue weighted by Gasteiger charge is -2.53. The van der Waals surface area contributed by atoms with Crippen LogP contribution in [0.4, 0.5) is 0 Å². The first-order valence-electron chi connectivity index (χ1n) is 6.35. The van der Waals surface area contributed by atoms with E-state index in [4.69, 9.17) is 5.90 Å². The molecule has 15 heavy (non-hydrogen) atoms. The van der Waals surface area contributed by atoms with Crippen molar-refractivity contribution in [2.75, 3.05) is 6.61 Å². The van der Waals surface area contributed by atoms with Crippen LogP contribution < -0.4 is 5.90 Å². The molecule has 0 aromatic carbocycles. The summed E-state index contributed by atoms with van der Waals surface area (Å²) in [5.41, 5.74) is 0. The fourth-order valence-electron chi connectivity index (χ4n) is 4.55. The van der Waals surface area contributed by atoms with Crippen molar-refractivity contribution in [2.45, 2.75) is 32.1 Å². The third kappa shape index (κ3) is 1.74. The van der Waals surface area contributed by atoms with Crippen LogP contribution >= 0.6 is 0 Å². The van der Waals surface area contributed by atoms with Gasteiger partial charge in [-0.15, -0.1) is 0 Å². The minimum absolute atomic E-state index is 0.572. The van der Waals surface area contributed by atoms with E-state index in [0.29, 0.717) is 6.61 Å². The molecule has 0 spiro atoms. The highest BCUT2D eigenvalue weighted by molar-refractivity contribution is 5.05. The molecule has 0 aromatic rings. The van der Waals surface area contributed by atoms with Crippen molar-refractivity contribution < 1.29 is 4.84 Å². The monoisotopic (exact) mass is 207 g/mol. The van der Waals surface area contributed by atoms with E-state index in [2.05, 4.69) is 17.0 Å². The quantitative estimate of drug-likeness (QED) is 0.570. The zero-order valence-corrected chi connectivity index (χ0v) is 9.27. The van der Waals surface area contributed by atoms with E-state index in [-0.39, 0.29) is 0 Å². The second-order valence-corrected chi connectivity index (χ2v) is 5.77. The summed E-state index contributed by atoms with van der Waals surface area (Å²) in [4.78, 5) is 4.60. The van der Waals surface area contributed by atoms with Crippen LogP contribution in [0.2, 0.25) is 0 Å². The van der Waals surface area contributed by atoms with Crippen LogP contribution in [0.3, 0.4) is 0 Å². The Kier molecular flexibility index (Phi) is 2.57. The van der Waals surface area contributed by atoms with E-state index in [1.165, 1.54) is 32.1 Å². The summed E-state index contributed by atoms with van der Waals surface area (Å²) in [5, 5.41) is 0. The molecule has 2 nitrogen and oxygen atoms in total. The van der Waals surface area contributed by atoms with E-state index in [9.17, 15) is 0 Å². The Morgan fingerprint density at radius 1 is 1.00 bits per heavy atom. The van der Waals surface area contributed by atoms with Crippen molar-refractivity contribution in [1.82, 2.24) is 0 Å². The van der Waals surface area contributed by atoms with Gasteiger partial charge in [0.25, 0.3) is 0 Å². The lowest BCUT2D eigenvalue weighted by Crippen LogP contribution is -2.44. The molecule has 4 aliphatic carbocycles. The summed E-state index contributed by atoms with van der Waals surface area (Å²) in [5.74, 6) is 9.99.